The van der Waals surface area contributed by atoms with E-state index in [9.17, 15) is 0 Å². The lowest BCUT2D eigenvalue weighted by Crippen LogP contribution is -2.38. The van der Waals surface area contributed by atoms with Gasteiger partial charge in [-0.3, -0.25) is 0 Å². The third kappa shape index (κ3) is 9.46. The summed E-state index contributed by atoms with van der Waals surface area (Å²) in [5, 5.41) is 11.1. The van der Waals surface area contributed by atoms with Crippen LogP contribution in [0.25, 0.3) is 5.69 Å². The molecule has 0 unspecified atom stereocenters. The van der Waals surface area contributed by atoms with Crippen LogP contribution in [0.4, 0.5) is 0 Å². The third-order valence-corrected chi connectivity index (χ3v) is 3.91. The highest BCUT2D eigenvalue weighted by Crippen LogP contribution is 2.14. The first kappa shape index (κ1) is 25.2. The SMILES string of the molecule is CCNC(=NCc1ccn(-c2ccc(OC)cc2)n1)NCCCOCCOC.I. The lowest BCUT2D eigenvalue weighted by Gasteiger charge is -2.11. The number of benzene rings is 1. The molecule has 2 aromatic rings. The van der Waals surface area contributed by atoms with Gasteiger partial charge in [0.1, 0.15) is 5.75 Å². The molecule has 2 rings (SSSR count). The minimum Gasteiger partial charge on any atom is -0.497 e. The summed E-state index contributed by atoms with van der Waals surface area (Å²) in [6.45, 7) is 6.09. The van der Waals surface area contributed by atoms with Crippen LogP contribution < -0.4 is 15.4 Å². The Kier molecular flexibility index (Phi) is 13.1. The average Bonchev–Trinajstić information content (AvgIpc) is 3.20. The molecule has 0 atom stereocenters. The number of halogens is 1. The second kappa shape index (κ2) is 15.1. The van der Waals surface area contributed by atoms with Crippen molar-refractivity contribution in [2.75, 3.05) is 47.1 Å². The molecular formula is C20H32IN5O3. The van der Waals surface area contributed by atoms with Crippen LogP contribution in [0, 0.1) is 0 Å². The summed E-state index contributed by atoms with van der Waals surface area (Å²) >= 11 is 0. The number of aliphatic imine (C=N–C) groups is 1. The smallest absolute Gasteiger partial charge is 0.191 e. The van der Waals surface area contributed by atoms with Gasteiger partial charge in [-0.05, 0) is 43.7 Å². The van der Waals surface area contributed by atoms with Crippen LogP contribution in [0.2, 0.25) is 0 Å². The van der Waals surface area contributed by atoms with Crippen LogP contribution in [0.5, 0.6) is 5.75 Å². The number of aromatic nitrogens is 2. The van der Waals surface area contributed by atoms with E-state index in [0.717, 1.165) is 42.6 Å². The number of nitrogens with one attached hydrogen (secondary N) is 2. The molecule has 29 heavy (non-hydrogen) atoms. The Morgan fingerprint density at radius 3 is 2.55 bits per heavy atom. The normalized spacial score (nSPS) is 11.1. The van der Waals surface area contributed by atoms with Crippen molar-refractivity contribution in [2.45, 2.75) is 19.9 Å². The zero-order valence-corrected chi connectivity index (χ0v) is 19.7. The molecule has 0 spiro atoms. The van der Waals surface area contributed by atoms with Crippen molar-refractivity contribution < 1.29 is 14.2 Å². The predicted molar refractivity (Wildman–Crippen MR) is 126 cm³/mol. The zero-order valence-electron chi connectivity index (χ0n) is 17.4. The van der Waals surface area contributed by atoms with Crippen molar-refractivity contribution in [3.63, 3.8) is 0 Å². The summed E-state index contributed by atoms with van der Waals surface area (Å²) in [7, 11) is 3.33. The van der Waals surface area contributed by atoms with E-state index in [-0.39, 0.29) is 24.0 Å². The molecule has 0 fully saturated rings. The van der Waals surface area contributed by atoms with Gasteiger partial charge >= 0.3 is 0 Å². The Labute approximate surface area is 190 Å². The van der Waals surface area contributed by atoms with Crippen molar-refractivity contribution in [1.82, 2.24) is 20.4 Å². The standard InChI is InChI=1S/C20H31N5O3.HI/c1-4-21-20(22-11-5-13-28-15-14-26-2)23-16-17-10-12-25(24-17)18-6-8-19(27-3)9-7-18;/h6-10,12H,4-5,11,13-16H2,1-3H3,(H2,21,22,23);1H. The van der Waals surface area contributed by atoms with E-state index in [1.54, 1.807) is 14.2 Å². The molecule has 0 aliphatic carbocycles. The molecule has 2 N–H and O–H groups in total. The Morgan fingerprint density at radius 2 is 1.86 bits per heavy atom. The lowest BCUT2D eigenvalue weighted by atomic mass is 10.3. The Balaban J connectivity index is 0.00000420. The van der Waals surface area contributed by atoms with Crippen LogP contribution in [0.1, 0.15) is 19.0 Å². The average molecular weight is 517 g/mol. The van der Waals surface area contributed by atoms with Crippen LogP contribution in [-0.4, -0.2) is 62.9 Å². The minimum absolute atomic E-state index is 0. The maximum atomic E-state index is 5.46. The molecular weight excluding hydrogens is 485 g/mol. The van der Waals surface area contributed by atoms with E-state index in [1.165, 1.54) is 0 Å². The van der Waals surface area contributed by atoms with Crippen LogP contribution >= 0.6 is 24.0 Å². The molecule has 9 heteroatoms. The zero-order chi connectivity index (χ0) is 20.0. The van der Waals surface area contributed by atoms with E-state index in [1.807, 2.05) is 48.1 Å². The van der Waals surface area contributed by atoms with Crippen molar-refractivity contribution >= 4 is 29.9 Å². The second-order valence-electron chi connectivity index (χ2n) is 6.03. The second-order valence-corrected chi connectivity index (χ2v) is 6.03. The lowest BCUT2D eigenvalue weighted by molar-refractivity contribution is 0.0698. The quantitative estimate of drug-likeness (QED) is 0.195. The number of nitrogens with zero attached hydrogens (tertiary/aromatic N) is 3. The van der Waals surface area contributed by atoms with Crippen molar-refractivity contribution in [2.24, 2.45) is 4.99 Å². The molecule has 1 aromatic carbocycles. The van der Waals surface area contributed by atoms with Gasteiger partial charge in [-0.2, -0.15) is 5.10 Å². The summed E-state index contributed by atoms with van der Waals surface area (Å²) in [5.74, 6) is 1.60. The number of hydrogen-bond donors (Lipinski definition) is 2. The molecule has 1 aromatic heterocycles. The third-order valence-electron chi connectivity index (χ3n) is 3.91. The maximum absolute atomic E-state index is 5.46. The van der Waals surface area contributed by atoms with Gasteiger partial charge in [0.2, 0.25) is 0 Å². The highest BCUT2D eigenvalue weighted by molar-refractivity contribution is 14.0. The van der Waals surface area contributed by atoms with E-state index in [2.05, 4.69) is 20.7 Å². The summed E-state index contributed by atoms with van der Waals surface area (Å²) in [4.78, 5) is 4.60. The Hall–Kier alpha value is -1.85. The fourth-order valence-electron chi connectivity index (χ4n) is 2.45. The highest BCUT2D eigenvalue weighted by atomic mass is 127. The predicted octanol–water partition coefficient (Wildman–Crippen LogP) is 2.61. The largest absolute Gasteiger partial charge is 0.497 e. The molecule has 0 amide bonds. The first-order valence-corrected chi connectivity index (χ1v) is 9.54. The topological polar surface area (TPSA) is 81.9 Å². The molecule has 0 aliphatic rings. The number of guanidine groups is 1. The van der Waals surface area contributed by atoms with Crippen molar-refractivity contribution in [3.05, 3.63) is 42.2 Å². The molecule has 1 heterocycles. The molecule has 0 radical (unpaired) electrons. The van der Waals surface area contributed by atoms with Crippen molar-refractivity contribution in [3.8, 4) is 11.4 Å². The fraction of sp³-hybridized carbons (Fsp3) is 0.500. The van der Waals surface area contributed by atoms with E-state index < -0.39 is 0 Å². The first-order valence-electron chi connectivity index (χ1n) is 9.54. The van der Waals surface area contributed by atoms with Gasteiger partial charge in [0, 0.05) is 33.0 Å². The van der Waals surface area contributed by atoms with E-state index in [4.69, 9.17) is 14.2 Å². The van der Waals surface area contributed by atoms with Gasteiger partial charge < -0.3 is 24.8 Å². The first-order chi connectivity index (χ1) is 13.8. The Morgan fingerprint density at radius 1 is 1.07 bits per heavy atom. The molecule has 0 saturated heterocycles. The van der Waals surface area contributed by atoms with Crippen molar-refractivity contribution in [1.29, 1.82) is 0 Å². The maximum Gasteiger partial charge on any atom is 0.191 e. The van der Waals surface area contributed by atoms with Gasteiger partial charge in [-0.15, -0.1) is 24.0 Å². The molecule has 0 aliphatic heterocycles. The van der Waals surface area contributed by atoms with Gasteiger partial charge in [0.05, 0.1) is 38.2 Å². The number of ether oxygens (including phenoxy) is 3. The summed E-state index contributed by atoms with van der Waals surface area (Å²) in [6, 6.07) is 9.75. The van der Waals surface area contributed by atoms with Gasteiger partial charge in [0.25, 0.3) is 0 Å². The van der Waals surface area contributed by atoms with E-state index in [0.29, 0.717) is 26.4 Å². The fourth-order valence-corrected chi connectivity index (χ4v) is 2.45. The van der Waals surface area contributed by atoms with Gasteiger partial charge in [-0.1, -0.05) is 0 Å². The van der Waals surface area contributed by atoms with E-state index >= 15 is 0 Å². The monoisotopic (exact) mass is 517 g/mol. The summed E-state index contributed by atoms with van der Waals surface area (Å²) in [5.41, 5.74) is 1.88. The van der Waals surface area contributed by atoms with Gasteiger partial charge in [0.15, 0.2) is 5.96 Å². The van der Waals surface area contributed by atoms with Crippen LogP contribution in [-0.2, 0) is 16.0 Å². The highest BCUT2D eigenvalue weighted by Gasteiger charge is 2.03. The van der Waals surface area contributed by atoms with Gasteiger partial charge in [-0.25, -0.2) is 9.67 Å². The molecule has 0 saturated carbocycles. The summed E-state index contributed by atoms with van der Waals surface area (Å²) in [6.07, 6.45) is 2.84. The number of hydrogen-bond acceptors (Lipinski definition) is 5. The minimum atomic E-state index is 0. The van der Waals surface area contributed by atoms with Crippen LogP contribution in [0.3, 0.4) is 0 Å². The number of rotatable bonds is 12. The molecule has 162 valence electrons. The molecule has 8 nitrogen and oxygen atoms in total. The summed E-state index contributed by atoms with van der Waals surface area (Å²) < 4.78 is 17.4. The molecule has 0 bridgehead atoms. The number of methoxy groups -OCH3 is 2. The Bertz CT molecular complexity index is 706. The van der Waals surface area contributed by atoms with Crippen LogP contribution in [0.15, 0.2) is 41.5 Å².